The van der Waals surface area contributed by atoms with E-state index in [9.17, 15) is 4.79 Å². The third kappa shape index (κ3) is 2.44. The Balaban J connectivity index is 1.56. The van der Waals surface area contributed by atoms with E-state index in [0.29, 0.717) is 5.82 Å². The molecule has 4 rings (SSSR count). The monoisotopic (exact) mass is 328 g/mol. The number of aryl methyl sites for hydroxylation is 1. The van der Waals surface area contributed by atoms with Crippen LogP contribution in [0.5, 0.6) is 0 Å². The first-order valence-corrected chi connectivity index (χ1v) is 8.32. The van der Waals surface area contributed by atoms with Gasteiger partial charge < -0.3 is 14.4 Å². The Morgan fingerprint density at radius 3 is 2.57 bits per heavy atom. The molecule has 0 atom stereocenters. The molecule has 0 unspecified atom stereocenters. The number of aromatic nitrogens is 4. The topological polar surface area (TPSA) is 67.2 Å². The maximum absolute atomic E-state index is 12.2. The number of rotatable bonds is 2. The van der Waals surface area contributed by atoms with Crippen LogP contribution < -0.4 is 15.4 Å². The second-order valence-electron chi connectivity index (χ2n) is 5.48. The van der Waals surface area contributed by atoms with Crippen molar-refractivity contribution in [3.63, 3.8) is 0 Å². The third-order valence-electron chi connectivity index (χ3n) is 4.12. The molecule has 1 aliphatic heterocycles. The Labute approximate surface area is 136 Å². The van der Waals surface area contributed by atoms with Crippen LogP contribution in [0.25, 0.3) is 10.2 Å². The molecule has 7 nitrogen and oxygen atoms in total. The smallest absolute Gasteiger partial charge is 0.293 e. The molecule has 3 aromatic heterocycles. The van der Waals surface area contributed by atoms with Crippen molar-refractivity contribution in [2.75, 3.05) is 36.0 Å². The first-order valence-electron chi connectivity index (χ1n) is 7.44. The molecule has 3 aromatic rings. The van der Waals surface area contributed by atoms with Gasteiger partial charge in [0.25, 0.3) is 5.56 Å². The molecule has 4 heterocycles. The minimum absolute atomic E-state index is 0.0526. The number of piperazine rings is 1. The highest BCUT2D eigenvalue weighted by atomic mass is 32.1. The quantitative estimate of drug-likeness (QED) is 0.702. The van der Waals surface area contributed by atoms with Crippen LogP contribution in [0.15, 0.2) is 35.0 Å². The highest BCUT2D eigenvalue weighted by Crippen LogP contribution is 2.27. The fourth-order valence-electron chi connectivity index (χ4n) is 2.86. The number of thiophene rings is 1. The lowest BCUT2D eigenvalue weighted by Gasteiger charge is -2.35. The van der Waals surface area contributed by atoms with Crippen LogP contribution in [0.4, 0.5) is 11.6 Å². The summed E-state index contributed by atoms with van der Waals surface area (Å²) in [5.74, 6) is 1.50. The van der Waals surface area contributed by atoms with Crippen LogP contribution in [0.1, 0.15) is 0 Å². The van der Waals surface area contributed by atoms with Gasteiger partial charge >= 0.3 is 0 Å². The van der Waals surface area contributed by atoms with Crippen molar-refractivity contribution in [1.82, 2.24) is 19.5 Å². The maximum atomic E-state index is 12.2. The molecule has 1 fully saturated rings. The molecule has 0 radical (unpaired) electrons. The van der Waals surface area contributed by atoms with Crippen molar-refractivity contribution >= 4 is 33.2 Å². The van der Waals surface area contributed by atoms with E-state index in [4.69, 9.17) is 0 Å². The fourth-order valence-corrected chi connectivity index (χ4v) is 3.59. The van der Waals surface area contributed by atoms with Crippen LogP contribution in [0.2, 0.25) is 0 Å². The van der Waals surface area contributed by atoms with Crippen LogP contribution in [-0.2, 0) is 7.05 Å². The van der Waals surface area contributed by atoms with Crippen molar-refractivity contribution in [3.8, 4) is 0 Å². The molecule has 0 aromatic carbocycles. The normalized spacial score (nSPS) is 15.3. The first-order chi connectivity index (χ1) is 11.2. The zero-order chi connectivity index (χ0) is 15.8. The summed E-state index contributed by atoms with van der Waals surface area (Å²) in [7, 11) is 1.75. The summed E-state index contributed by atoms with van der Waals surface area (Å²) in [4.78, 5) is 30.5. The fraction of sp³-hybridized carbons (Fsp3) is 0.333. The number of hydrogen-bond acceptors (Lipinski definition) is 7. The van der Waals surface area contributed by atoms with Gasteiger partial charge in [-0.25, -0.2) is 15.0 Å². The van der Waals surface area contributed by atoms with Crippen LogP contribution in [0.3, 0.4) is 0 Å². The molecule has 8 heteroatoms. The predicted molar refractivity (Wildman–Crippen MR) is 91.3 cm³/mol. The van der Waals surface area contributed by atoms with E-state index in [2.05, 4.69) is 25.9 Å². The maximum Gasteiger partial charge on any atom is 0.293 e. The van der Waals surface area contributed by atoms with Gasteiger partial charge in [0.2, 0.25) is 0 Å². The van der Waals surface area contributed by atoms with Crippen molar-refractivity contribution in [2.24, 2.45) is 7.05 Å². The zero-order valence-electron chi connectivity index (χ0n) is 12.7. The number of fused-ring (bicyclic) bond motifs is 1. The molecule has 0 aliphatic carbocycles. The molecule has 1 saturated heterocycles. The standard InChI is InChI=1S/C15H16N6OS/c1-19-4-3-16-13(15(19)22)21-7-5-20(6-8-21)12-11-2-9-23-14(11)18-10-17-12/h2-4,9-10H,5-8H2,1H3. The minimum atomic E-state index is -0.0526. The second-order valence-corrected chi connectivity index (χ2v) is 6.37. The molecular formula is C15H16N6OS. The van der Waals surface area contributed by atoms with E-state index < -0.39 is 0 Å². The SMILES string of the molecule is Cn1ccnc(N2CCN(c3ncnc4sccc34)CC2)c1=O. The Kier molecular flexibility index (Phi) is 3.45. The van der Waals surface area contributed by atoms with Crippen molar-refractivity contribution in [1.29, 1.82) is 0 Å². The van der Waals surface area contributed by atoms with Gasteiger partial charge in [0, 0.05) is 45.6 Å². The van der Waals surface area contributed by atoms with Gasteiger partial charge in [-0.15, -0.1) is 11.3 Å². The molecule has 0 amide bonds. The number of nitrogens with zero attached hydrogens (tertiary/aromatic N) is 6. The molecule has 118 valence electrons. The summed E-state index contributed by atoms with van der Waals surface area (Å²) in [6.45, 7) is 3.12. The van der Waals surface area contributed by atoms with Crippen molar-refractivity contribution in [3.05, 3.63) is 40.5 Å². The molecule has 0 N–H and O–H groups in total. The van der Waals surface area contributed by atoms with E-state index in [1.54, 1.807) is 41.7 Å². The van der Waals surface area contributed by atoms with Gasteiger partial charge in [0.05, 0.1) is 5.39 Å². The van der Waals surface area contributed by atoms with Crippen molar-refractivity contribution in [2.45, 2.75) is 0 Å². The summed E-state index contributed by atoms with van der Waals surface area (Å²) in [6, 6.07) is 2.07. The predicted octanol–water partition coefficient (Wildman–Crippen LogP) is 1.11. The highest BCUT2D eigenvalue weighted by molar-refractivity contribution is 7.16. The van der Waals surface area contributed by atoms with Gasteiger partial charge in [-0.3, -0.25) is 4.79 Å². The minimum Gasteiger partial charge on any atom is -0.352 e. The lowest BCUT2D eigenvalue weighted by Crippen LogP contribution is -2.49. The van der Waals surface area contributed by atoms with Gasteiger partial charge in [0.1, 0.15) is 17.0 Å². The number of hydrogen-bond donors (Lipinski definition) is 0. The molecule has 0 bridgehead atoms. The third-order valence-corrected chi connectivity index (χ3v) is 4.94. The first kappa shape index (κ1) is 14.1. The molecule has 23 heavy (non-hydrogen) atoms. The largest absolute Gasteiger partial charge is 0.352 e. The van der Waals surface area contributed by atoms with Crippen LogP contribution in [-0.4, -0.2) is 45.7 Å². The van der Waals surface area contributed by atoms with Gasteiger partial charge in [-0.1, -0.05) is 0 Å². The molecule has 1 aliphatic rings. The second kappa shape index (κ2) is 5.62. The lowest BCUT2D eigenvalue weighted by molar-refractivity contribution is 0.635. The Bertz CT molecular complexity index is 896. The van der Waals surface area contributed by atoms with E-state index >= 15 is 0 Å². The molecular weight excluding hydrogens is 312 g/mol. The van der Waals surface area contributed by atoms with Crippen LogP contribution in [0, 0.1) is 0 Å². The van der Waals surface area contributed by atoms with Crippen molar-refractivity contribution < 1.29 is 0 Å². The average Bonchev–Trinajstić information content (AvgIpc) is 3.06. The summed E-state index contributed by atoms with van der Waals surface area (Å²) >= 11 is 1.62. The number of anilines is 2. The summed E-state index contributed by atoms with van der Waals surface area (Å²) in [6.07, 6.45) is 4.97. The van der Waals surface area contributed by atoms with E-state index in [1.165, 1.54) is 0 Å². The Hall–Kier alpha value is -2.48. The van der Waals surface area contributed by atoms with E-state index in [-0.39, 0.29) is 5.56 Å². The summed E-state index contributed by atoms with van der Waals surface area (Å²) in [5, 5.41) is 3.14. The Morgan fingerprint density at radius 1 is 1.04 bits per heavy atom. The van der Waals surface area contributed by atoms with Gasteiger partial charge in [-0.2, -0.15) is 0 Å². The summed E-state index contributed by atoms with van der Waals surface area (Å²) < 4.78 is 1.56. The lowest BCUT2D eigenvalue weighted by atomic mass is 10.2. The van der Waals surface area contributed by atoms with Gasteiger partial charge in [0.15, 0.2) is 5.82 Å². The van der Waals surface area contributed by atoms with E-state index in [0.717, 1.165) is 42.2 Å². The van der Waals surface area contributed by atoms with Crippen LogP contribution >= 0.6 is 11.3 Å². The Morgan fingerprint density at radius 2 is 1.78 bits per heavy atom. The summed E-state index contributed by atoms with van der Waals surface area (Å²) in [5.41, 5.74) is -0.0526. The van der Waals surface area contributed by atoms with Gasteiger partial charge in [-0.05, 0) is 11.4 Å². The highest BCUT2D eigenvalue weighted by Gasteiger charge is 2.22. The zero-order valence-corrected chi connectivity index (χ0v) is 13.5. The molecule has 0 saturated carbocycles. The molecule has 0 spiro atoms. The average molecular weight is 328 g/mol. The van der Waals surface area contributed by atoms with E-state index in [1.807, 2.05) is 10.3 Å².